The van der Waals surface area contributed by atoms with Gasteiger partial charge in [-0.25, -0.2) is 9.37 Å². The van der Waals surface area contributed by atoms with Gasteiger partial charge in [-0.15, -0.1) is 0 Å². The minimum absolute atomic E-state index is 0.176. The zero-order valence-corrected chi connectivity index (χ0v) is 11.2. The summed E-state index contributed by atoms with van der Waals surface area (Å²) in [5.41, 5.74) is 1.01. The maximum atomic E-state index is 13.2. The molecule has 3 nitrogen and oxygen atoms in total. The van der Waals surface area contributed by atoms with Gasteiger partial charge in [0.05, 0.1) is 0 Å². The van der Waals surface area contributed by atoms with Gasteiger partial charge < -0.3 is 10.3 Å². The lowest BCUT2D eigenvalue weighted by molar-refractivity contribution is 0.495. The van der Waals surface area contributed by atoms with Crippen LogP contribution in [-0.2, 0) is 12.8 Å². The molecule has 19 heavy (non-hydrogen) atoms. The Balaban J connectivity index is 2.00. The predicted octanol–water partition coefficient (Wildman–Crippen LogP) is 2.70. The molecule has 4 heteroatoms. The Morgan fingerprint density at radius 2 is 2.26 bits per heavy atom. The molecule has 0 bridgehead atoms. The van der Waals surface area contributed by atoms with E-state index < -0.39 is 0 Å². The molecule has 0 saturated heterocycles. The third-order valence-corrected chi connectivity index (χ3v) is 3.05. The Bertz CT molecular complexity index is 482. The Morgan fingerprint density at radius 1 is 1.37 bits per heavy atom. The fraction of sp³-hybridized carbons (Fsp3) is 0.400. The van der Waals surface area contributed by atoms with Crippen molar-refractivity contribution < 1.29 is 4.39 Å². The van der Waals surface area contributed by atoms with E-state index in [1.807, 2.05) is 12.3 Å². The number of hydrogen-bond acceptors (Lipinski definition) is 2. The lowest BCUT2D eigenvalue weighted by atomic mass is 10.0. The van der Waals surface area contributed by atoms with Gasteiger partial charge in [-0.05, 0) is 37.1 Å². The molecule has 0 aliphatic carbocycles. The quantitative estimate of drug-likeness (QED) is 0.804. The van der Waals surface area contributed by atoms with Gasteiger partial charge >= 0.3 is 0 Å². The number of aromatic nitrogens is 2. The van der Waals surface area contributed by atoms with Gasteiger partial charge in [0, 0.05) is 24.9 Å². The molecule has 0 radical (unpaired) electrons. The third kappa shape index (κ3) is 4.48. The molecular formula is C15H20FN3. The summed E-state index contributed by atoms with van der Waals surface area (Å²) in [5, 5.41) is 3.49. The van der Waals surface area contributed by atoms with E-state index in [2.05, 4.69) is 22.2 Å². The molecule has 102 valence electrons. The normalized spacial score (nSPS) is 12.5. The SMILES string of the molecule is CCCNC(Cc1cccc(F)c1)Cc1ncc[nH]1. The predicted molar refractivity (Wildman–Crippen MR) is 74.5 cm³/mol. The Hall–Kier alpha value is -1.68. The van der Waals surface area contributed by atoms with E-state index in [9.17, 15) is 4.39 Å². The van der Waals surface area contributed by atoms with Crippen molar-refractivity contribution in [1.29, 1.82) is 0 Å². The van der Waals surface area contributed by atoms with E-state index in [1.54, 1.807) is 18.3 Å². The van der Waals surface area contributed by atoms with Crippen molar-refractivity contribution in [2.75, 3.05) is 6.54 Å². The zero-order valence-electron chi connectivity index (χ0n) is 11.2. The van der Waals surface area contributed by atoms with Gasteiger partial charge in [0.2, 0.25) is 0 Å². The van der Waals surface area contributed by atoms with Crippen LogP contribution in [0.1, 0.15) is 24.7 Å². The number of aromatic amines is 1. The molecule has 1 atom stereocenters. The van der Waals surface area contributed by atoms with Crippen LogP contribution in [0.4, 0.5) is 4.39 Å². The monoisotopic (exact) mass is 261 g/mol. The van der Waals surface area contributed by atoms with Crippen LogP contribution in [0.2, 0.25) is 0 Å². The number of nitrogens with one attached hydrogen (secondary N) is 2. The molecule has 0 aliphatic rings. The smallest absolute Gasteiger partial charge is 0.123 e. The van der Waals surface area contributed by atoms with Gasteiger partial charge in [-0.3, -0.25) is 0 Å². The highest BCUT2D eigenvalue weighted by Crippen LogP contribution is 2.09. The number of H-pyrrole nitrogens is 1. The van der Waals surface area contributed by atoms with Crippen molar-refractivity contribution in [3.63, 3.8) is 0 Å². The molecule has 0 amide bonds. The molecular weight excluding hydrogens is 241 g/mol. The Kier molecular flexibility index (Phi) is 5.10. The first-order valence-corrected chi connectivity index (χ1v) is 6.74. The van der Waals surface area contributed by atoms with Crippen molar-refractivity contribution >= 4 is 0 Å². The number of benzene rings is 1. The molecule has 1 unspecified atom stereocenters. The topological polar surface area (TPSA) is 40.7 Å². The largest absolute Gasteiger partial charge is 0.349 e. The summed E-state index contributed by atoms with van der Waals surface area (Å²) in [7, 11) is 0. The number of imidazole rings is 1. The van der Waals surface area contributed by atoms with E-state index in [-0.39, 0.29) is 11.9 Å². The minimum Gasteiger partial charge on any atom is -0.349 e. The lowest BCUT2D eigenvalue weighted by Gasteiger charge is -2.17. The average molecular weight is 261 g/mol. The second-order valence-electron chi connectivity index (χ2n) is 4.73. The summed E-state index contributed by atoms with van der Waals surface area (Å²) < 4.78 is 13.2. The number of hydrogen-bond donors (Lipinski definition) is 2. The molecule has 0 fully saturated rings. The maximum absolute atomic E-state index is 13.2. The van der Waals surface area contributed by atoms with Crippen molar-refractivity contribution in [2.45, 2.75) is 32.2 Å². The van der Waals surface area contributed by atoms with E-state index in [0.29, 0.717) is 0 Å². The van der Waals surface area contributed by atoms with Crippen LogP contribution in [0.3, 0.4) is 0 Å². The van der Waals surface area contributed by atoms with Crippen molar-refractivity contribution in [2.24, 2.45) is 0 Å². The fourth-order valence-corrected chi connectivity index (χ4v) is 2.16. The molecule has 0 aliphatic heterocycles. The first-order chi connectivity index (χ1) is 9.28. The first-order valence-electron chi connectivity index (χ1n) is 6.74. The molecule has 2 aromatic rings. The lowest BCUT2D eigenvalue weighted by Crippen LogP contribution is -2.34. The van der Waals surface area contributed by atoms with Gasteiger partial charge in [-0.2, -0.15) is 0 Å². The van der Waals surface area contributed by atoms with Crippen LogP contribution in [0.25, 0.3) is 0 Å². The Labute approximate surface area is 113 Å². The fourth-order valence-electron chi connectivity index (χ4n) is 2.16. The number of rotatable bonds is 7. The van der Waals surface area contributed by atoms with E-state index in [4.69, 9.17) is 0 Å². The van der Waals surface area contributed by atoms with E-state index in [1.165, 1.54) is 6.07 Å². The highest BCUT2D eigenvalue weighted by atomic mass is 19.1. The maximum Gasteiger partial charge on any atom is 0.123 e. The number of halogens is 1. The second-order valence-corrected chi connectivity index (χ2v) is 4.73. The Morgan fingerprint density at radius 3 is 2.95 bits per heavy atom. The van der Waals surface area contributed by atoms with Gasteiger partial charge in [-0.1, -0.05) is 19.1 Å². The molecule has 1 aromatic heterocycles. The average Bonchev–Trinajstić information content (AvgIpc) is 2.89. The summed E-state index contributed by atoms with van der Waals surface area (Å²) in [6, 6.07) is 7.07. The van der Waals surface area contributed by atoms with Crippen molar-refractivity contribution in [3.05, 3.63) is 53.9 Å². The van der Waals surface area contributed by atoms with Gasteiger partial charge in [0.25, 0.3) is 0 Å². The highest BCUT2D eigenvalue weighted by molar-refractivity contribution is 5.17. The molecule has 1 heterocycles. The highest BCUT2D eigenvalue weighted by Gasteiger charge is 2.11. The standard InChI is InChI=1S/C15H20FN3/c1-2-6-17-14(11-15-18-7-8-19-15)10-12-4-3-5-13(16)9-12/h3-5,7-9,14,17H,2,6,10-11H2,1H3,(H,18,19). The third-order valence-electron chi connectivity index (χ3n) is 3.05. The second kappa shape index (κ2) is 7.04. The molecule has 2 rings (SSSR count). The van der Waals surface area contributed by atoms with Crippen LogP contribution >= 0.6 is 0 Å². The molecule has 0 spiro atoms. The molecule has 1 aromatic carbocycles. The van der Waals surface area contributed by atoms with E-state index >= 15 is 0 Å². The van der Waals surface area contributed by atoms with Crippen molar-refractivity contribution in [3.8, 4) is 0 Å². The summed E-state index contributed by atoms with van der Waals surface area (Å²) >= 11 is 0. The molecule has 2 N–H and O–H groups in total. The van der Waals surface area contributed by atoms with E-state index in [0.717, 1.165) is 37.2 Å². The van der Waals surface area contributed by atoms with Gasteiger partial charge in [0.15, 0.2) is 0 Å². The zero-order chi connectivity index (χ0) is 13.5. The molecule has 0 saturated carbocycles. The van der Waals surface area contributed by atoms with Crippen LogP contribution in [-0.4, -0.2) is 22.6 Å². The van der Waals surface area contributed by atoms with Crippen LogP contribution < -0.4 is 5.32 Å². The van der Waals surface area contributed by atoms with Crippen LogP contribution in [0, 0.1) is 5.82 Å². The minimum atomic E-state index is -0.176. The summed E-state index contributed by atoms with van der Waals surface area (Å²) in [6.45, 7) is 3.10. The van der Waals surface area contributed by atoms with Gasteiger partial charge in [0.1, 0.15) is 11.6 Å². The summed E-state index contributed by atoms with van der Waals surface area (Å²) in [6.07, 6.45) is 6.29. The van der Waals surface area contributed by atoms with Crippen LogP contribution in [0.5, 0.6) is 0 Å². The number of nitrogens with zero attached hydrogens (tertiary/aromatic N) is 1. The summed E-state index contributed by atoms with van der Waals surface area (Å²) in [5.74, 6) is 0.787. The first kappa shape index (κ1) is 13.7. The van der Waals surface area contributed by atoms with Crippen LogP contribution in [0.15, 0.2) is 36.7 Å². The van der Waals surface area contributed by atoms with Crippen molar-refractivity contribution in [1.82, 2.24) is 15.3 Å². The summed E-state index contributed by atoms with van der Waals surface area (Å²) in [4.78, 5) is 7.37.